The van der Waals surface area contributed by atoms with Gasteiger partial charge in [-0.1, -0.05) is 104 Å². The molecule has 0 fully saturated rings. The van der Waals surface area contributed by atoms with Gasteiger partial charge in [-0.2, -0.15) is 0 Å². The summed E-state index contributed by atoms with van der Waals surface area (Å²) < 4.78 is 1.49. The van der Waals surface area contributed by atoms with Crippen LogP contribution in [0, 0.1) is 0 Å². The van der Waals surface area contributed by atoms with Crippen LogP contribution < -0.4 is 0 Å². The molecule has 0 aliphatic rings. The van der Waals surface area contributed by atoms with E-state index in [4.69, 9.17) is 0 Å². The molecule has 0 aliphatic carbocycles. The monoisotopic (exact) mass is 584 g/mol. The van der Waals surface area contributed by atoms with E-state index in [-0.39, 0.29) is 0 Å². The summed E-state index contributed by atoms with van der Waals surface area (Å²) in [6.45, 7) is 4.60. The maximum absolute atomic E-state index is 2.47. The molecule has 0 spiro atoms. The molecule has 0 aliphatic heterocycles. The van der Waals surface area contributed by atoms with Gasteiger partial charge in [-0.15, -0.1) is 45.3 Å². The second kappa shape index (κ2) is 17.0. The van der Waals surface area contributed by atoms with E-state index >= 15 is 0 Å². The van der Waals surface area contributed by atoms with Gasteiger partial charge in [-0.05, 0) is 71.8 Å². The van der Waals surface area contributed by atoms with E-state index in [1.54, 1.807) is 11.1 Å². The Bertz CT molecular complexity index is 1050. The minimum atomic E-state index is 1.24. The number of rotatable bonds is 20. The number of unbranched alkanes of at least 4 members (excludes halogenated alkanes) is 14. The van der Waals surface area contributed by atoms with Crippen LogP contribution in [0.2, 0.25) is 0 Å². The van der Waals surface area contributed by atoms with Crippen molar-refractivity contribution in [3.8, 4) is 19.5 Å². The van der Waals surface area contributed by atoms with E-state index in [0.29, 0.717) is 0 Å². The third kappa shape index (κ3) is 9.04. The molecular weight excluding hydrogens is 537 g/mol. The van der Waals surface area contributed by atoms with Crippen LogP contribution in [-0.2, 0) is 12.8 Å². The zero-order valence-electron chi connectivity index (χ0n) is 23.8. The van der Waals surface area contributed by atoms with E-state index in [1.165, 1.54) is 144 Å². The summed E-state index contributed by atoms with van der Waals surface area (Å²) in [6, 6.07) is 9.69. The molecule has 0 amide bonds. The van der Waals surface area contributed by atoms with Crippen molar-refractivity contribution < 1.29 is 0 Å². The Hall–Kier alpha value is -0.940. The molecule has 38 heavy (non-hydrogen) atoms. The topological polar surface area (TPSA) is 0 Å². The quantitative estimate of drug-likeness (QED) is 0.0906. The van der Waals surface area contributed by atoms with Gasteiger partial charge < -0.3 is 0 Å². The van der Waals surface area contributed by atoms with Crippen LogP contribution in [0.15, 0.2) is 35.0 Å². The zero-order valence-corrected chi connectivity index (χ0v) is 27.1. The van der Waals surface area contributed by atoms with Crippen LogP contribution in [0.25, 0.3) is 28.9 Å². The first-order valence-corrected chi connectivity index (χ1v) is 18.9. The number of thiophene rings is 4. The maximum Gasteiger partial charge on any atom is 0.0878 e. The first-order chi connectivity index (χ1) is 18.8. The number of hydrogen-bond acceptors (Lipinski definition) is 4. The van der Waals surface area contributed by atoms with E-state index in [2.05, 4.69) is 48.9 Å². The second-order valence-electron chi connectivity index (χ2n) is 11.0. The minimum Gasteiger partial charge on any atom is -0.143 e. The van der Waals surface area contributed by atoms with E-state index < -0.39 is 0 Å². The van der Waals surface area contributed by atoms with Crippen LogP contribution in [0.3, 0.4) is 0 Å². The predicted octanol–water partition coefficient (Wildman–Crippen LogP) is 13.8. The first-order valence-electron chi connectivity index (χ1n) is 15.5. The molecule has 0 N–H and O–H groups in total. The zero-order chi connectivity index (χ0) is 26.4. The van der Waals surface area contributed by atoms with Gasteiger partial charge in [0, 0.05) is 24.9 Å². The molecule has 0 saturated carbocycles. The van der Waals surface area contributed by atoms with E-state index in [1.807, 2.05) is 45.3 Å². The van der Waals surface area contributed by atoms with Gasteiger partial charge in [-0.25, -0.2) is 0 Å². The smallest absolute Gasteiger partial charge is 0.0878 e. The van der Waals surface area contributed by atoms with Crippen molar-refractivity contribution in [2.24, 2.45) is 0 Å². The van der Waals surface area contributed by atoms with Crippen LogP contribution in [0.5, 0.6) is 0 Å². The van der Waals surface area contributed by atoms with Crippen molar-refractivity contribution in [1.82, 2.24) is 0 Å². The van der Waals surface area contributed by atoms with Gasteiger partial charge in [0.2, 0.25) is 0 Å². The van der Waals surface area contributed by atoms with Gasteiger partial charge in [0.05, 0.1) is 4.01 Å². The predicted molar refractivity (Wildman–Crippen MR) is 179 cm³/mol. The lowest BCUT2D eigenvalue weighted by Crippen LogP contribution is -1.86. The fourth-order valence-electron chi connectivity index (χ4n) is 5.46. The SMILES string of the molecule is CCCCCCCCCCc1ccsc1-c1cc2cc(-c3sccc3CCCCCCCCCC)sc2s1. The maximum atomic E-state index is 2.47. The normalized spacial score (nSPS) is 11.7. The molecule has 4 heteroatoms. The summed E-state index contributed by atoms with van der Waals surface area (Å²) in [7, 11) is 0. The van der Waals surface area contributed by atoms with E-state index in [0.717, 1.165) is 0 Å². The molecule has 0 bridgehead atoms. The molecule has 0 atom stereocenters. The minimum absolute atomic E-state index is 1.24. The average molecular weight is 585 g/mol. The summed E-state index contributed by atoms with van der Waals surface area (Å²) >= 11 is 7.90. The summed E-state index contributed by atoms with van der Waals surface area (Å²) in [5.74, 6) is 0. The van der Waals surface area contributed by atoms with Crippen molar-refractivity contribution in [1.29, 1.82) is 0 Å². The molecule has 0 unspecified atom stereocenters. The number of hydrogen-bond donors (Lipinski definition) is 0. The Morgan fingerprint density at radius 3 is 1.29 bits per heavy atom. The highest BCUT2D eigenvalue weighted by atomic mass is 32.2. The molecule has 4 aromatic heterocycles. The standard InChI is InChI=1S/C34H48S4/c1-3-5-7-9-11-13-15-17-19-27-21-23-35-32(27)30-25-29-26-31(38-34(29)37-30)33-28(22-24-36-33)20-18-16-14-12-10-8-6-4-2/h21-26H,3-20H2,1-2H3. The lowest BCUT2D eigenvalue weighted by molar-refractivity contribution is 0.576. The van der Waals surface area contributed by atoms with E-state index in [9.17, 15) is 0 Å². The molecule has 208 valence electrons. The fraction of sp³-hybridized carbons (Fsp3) is 0.588. The van der Waals surface area contributed by atoms with Crippen molar-refractivity contribution in [2.45, 2.75) is 129 Å². The molecule has 0 saturated heterocycles. The molecular formula is C34H48S4. The second-order valence-corrected chi connectivity index (χ2v) is 15.2. The Labute approximate surface area is 248 Å². The van der Waals surface area contributed by atoms with Gasteiger partial charge in [0.1, 0.15) is 0 Å². The van der Waals surface area contributed by atoms with Crippen LogP contribution in [0.4, 0.5) is 0 Å². The first kappa shape index (κ1) is 30.0. The molecule has 4 heterocycles. The summed E-state index contributed by atoms with van der Waals surface area (Å²) in [5.41, 5.74) is 3.14. The summed E-state index contributed by atoms with van der Waals surface area (Å²) in [6.07, 6.45) is 24.8. The van der Waals surface area contributed by atoms with Crippen LogP contribution >= 0.6 is 45.3 Å². The van der Waals surface area contributed by atoms with Crippen molar-refractivity contribution in [3.05, 3.63) is 46.2 Å². The van der Waals surface area contributed by atoms with Gasteiger partial charge >= 0.3 is 0 Å². The largest absolute Gasteiger partial charge is 0.143 e. The van der Waals surface area contributed by atoms with Crippen LogP contribution in [-0.4, -0.2) is 0 Å². The van der Waals surface area contributed by atoms with Gasteiger partial charge in [-0.3, -0.25) is 0 Å². The highest BCUT2D eigenvalue weighted by Gasteiger charge is 2.15. The molecule has 0 nitrogen and oxygen atoms in total. The Balaban J connectivity index is 1.27. The van der Waals surface area contributed by atoms with Crippen LogP contribution in [0.1, 0.15) is 128 Å². The summed E-state index contributed by atoms with van der Waals surface area (Å²) in [4.78, 5) is 6.00. The number of fused-ring (bicyclic) bond motifs is 1. The third-order valence-electron chi connectivity index (χ3n) is 7.75. The Kier molecular flexibility index (Phi) is 13.4. The fourth-order valence-corrected chi connectivity index (χ4v) is 10.1. The van der Waals surface area contributed by atoms with Crippen molar-refractivity contribution in [2.75, 3.05) is 0 Å². The third-order valence-corrected chi connectivity index (χ3v) is 12.4. The molecule has 4 rings (SSSR count). The Morgan fingerprint density at radius 1 is 0.500 bits per heavy atom. The number of aryl methyl sites for hydroxylation is 2. The molecule has 0 radical (unpaired) electrons. The lowest BCUT2D eigenvalue weighted by atomic mass is 10.0. The highest BCUT2D eigenvalue weighted by Crippen LogP contribution is 2.46. The highest BCUT2D eigenvalue weighted by molar-refractivity contribution is 7.42. The van der Waals surface area contributed by atoms with Crippen molar-refractivity contribution >= 4 is 54.7 Å². The van der Waals surface area contributed by atoms with Gasteiger partial charge in [0.15, 0.2) is 0 Å². The molecule has 0 aromatic carbocycles. The lowest BCUT2D eigenvalue weighted by Gasteiger charge is -2.04. The summed E-state index contributed by atoms with van der Waals surface area (Å²) in [5, 5.41) is 6.05. The average Bonchev–Trinajstić information content (AvgIpc) is 3.70. The Morgan fingerprint density at radius 2 is 0.895 bits per heavy atom. The van der Waals surface area contributed by atoms with Crippen molar-refractivity contribution in [3.63, 3.8) is 0 Å². The molecule has 4 aromatic rings. The van der Waals surface area contributed by atoms with Gasteiger partial charge in [0.25, 0.3) is 0 Å².